The van der Waals surface area contributed by atoms with Gasteiger partial charge in [-0.25, -0.2) is 13.4 Å². The lowest BCUT2D eigenvalue weighted by molar-refractivity contribution is -0.122. The molecule has 1 aromatic heterocycles. The smallest absolute Gasteiger partial charge is 0.258 e. The van der Waals surface area contributed by atoms with Gasteiger partial charge in [0.15, 0.2) is 0 Å². The molecule has 1 aliphatic heterocycles. The van der Waals surface area contributed by atoms with Crippen LogP contribution in [-0.2, 0) is 21.2 Å². The van der Waals surface area contributed by atoms with E-state index in [9.17, 15) is 18.0 Å². The lowest BCUT2D eigenvalue weighted by Crippen LogP contribution is -2.46. The van der Waals surface area contributed by atoms with E-state index in [1.807, 2.05) is 13.0 Å². The Labute approximate surface area is 193 Å². The minimum Gasteiger partial charge on any atom is -0.353 e. The minimum atomic E-state index is -3.51. The van der Waals surface area contributed by atoms with Gasteiger partial charge in [0.1, 0.15) is 5.82 Å². The second-order valence-corrected chi connectivity index (χ2v) is 10.4. The predicted octanol–water partition coefficient (Wildman–Crippen LogP) is 2.52. The third-order valence-corrected chi connectivity index (χ3v) is 7.87. The van der Waals surface area contributed by atoms with Gasteiger partial charge in [-0.3, -0.25) is 9.59 Å². The summed E-state index contributed by atoms with van der Waals surface area (Å²) >= 11 is 0. The van der Waals surface area contributed by atoms with Crippen LogP contribution in [0.15, 0.2) is 58.2 Å². The number of sulfonamides is 1. The maximum absolute atomic E-state index is 12.8. The molecule has 4 rings (SSSR count). The number of carbonyl (C=O) groups excluding carboxylic acids is 1. The molecule has 0 aliphatic carbocycles. The molecule has 2 heterocycles. The molecule has 0 unspecified atom stereocenters. The molecular weight excluding hydrogens is 440 g/mol. The van der Waals surface area contributed by atoms with Gasteiger partial charge in [0.05, 0.1) is 15.8 Å². The molecule has 2 N–H and O–H groups in total. The number of piperidine rings is 1. The van der Waals surface area contributed by atoms with Crippen LogP contribution >= 0.6 is 0 Å². The number of aryl methyl sites for hydroxylation is 2. The largest absolute Gasteiger partial charge is 0.353 e. The molecule has 1 saturated heterocycles. The van der Waals surface area contributed by atoms with Crippen molar-refractivity contribution in [2.24, 2.45) is 0 Å². The van der Waals surface area contributed by atoms with Crippen LogP contribution in [0.3, 0.4) is 0 Å². The van der Waals surface area contributed by atoms with Crippen molar-refractivity contribution in [2.75, 3.05) is 13.1 Å². The van der Waals surface area contributed by atoms with Crippen LogP contribution in [0.5, 0.6) is 0 Å². The van der Waals surface area contributed by atoms with Crippen molar-refractivity contribution in [1.29, 1.82) is 0 Å². The van der Waals surface area contributed by atoms with E-state index in [1.165, 1.54) is 4.31 Å². The average Bonchev–Trinajstić information content (AvgIpc) is 2.80. The summed E-state index contributed by atoms with van der Waals surface area (Å²) in [6.07, 6.45) is 2.54. The molecule has 8 nitrogen and oxygen atoms in total. The molecule has 33 heavy (non-hydrogen) atoms. The molecule has 0 bridgehead atoms. The van der Waals surface area contributed by atoms with E-state index in [-0.39, 0.29) is 17.5 Å². The van der Waals surface area contributed by atoms with E-state index in [4.69, 9.17) is 0 Å². The summed E-state index contributed by atoms with van der Waals surface area (Å²) in [5.74, 6) is 0.499. The number of benzene rings is 2. The number of amides is 1. The molecule has 1 fully saturated rings. The van der Waals surface area contributed by atoms with Crippen LogP contribution in [0.4, 0.5) is 0 Å². The number of fused-ring (bicyclic) bond motifs is 1. The fourth-order valence-corrected chi connectivity index (χ4v) is 5.54. The maximum Gasteiger partial charge on any atom is 0.258 e. The van der Waals surface area contributed by atoms with Crippen LogP contribution in [0.1, 0.15) is 37.1 Å². The molecule has 0 saturated carbocycles. The van der Waals surface area contributed by atoms with Crippen molar-refractivity contribution < 1.29 is 13.2 Å². The number of para-hydroxylation sites is 1. The summed E-state index contributed by atoms with van der Waals surface area (Å²) in [5, 5.41) is 3.56. The Kier molecular flexibility index (Phi) is 6.90. The number of hydrogen-bond donors (Lipinski definition) is 2. The Bertz CT molecular complexity index is 1290. The second kappa shape index (κ2) is 9.84. The van der Waals surface area contributed by atoms with Gasteiger partial charge in [0.2, 0.25) is 15.9 Å². The first kappa shape index (κ1) is 23.1. The van der Waals surface area contributed by atoms with Crippen LogP contribution in [-0.4, -0.2) is 47.7 Å². The van der Waals surface area contributed by atoms with Crippen molar-refractivity contribution in [3.8, 4) is 0 Å². The molecule has 9 heteroatoms. The topological polar surface area (TPSA) is 112 Å². The van der Waals surface area contributed by atoms with Gasteiger partial charge in [-0.15, -0.1) is 0 Å². The zero-order valence-electron chi connectivity index (χ0n) is 18.6. The van der Waals surface area contributed by atoms with Crippen molar-refractivity contribution in [2.45, 2.75) is 50.0 Å². The van der Waals surface area contributed by atoms with Gasteiger partial charge in [-0.2, -0.15) is 4.31 Å². The van der Waals surface area contributed by atoms with Gasteiger partial charge in [0.25, 0.3) is 5.56 Å². The number of aromatic nitrogens is 2. The van der Waals surface area contributed by atoms with Crippen LogP contribution < -0.4 is 10.9 Å². The third kappa shape index (κ3) is 5.48. The maximum atomic E-state index is 12.8. The molecular formula is C24H28N4O4S. The first-order valence-electron chi connectivity index (χ1n) is 11.2. The second-order valence-electron chi connectivity index (χ2n) is 8.44. The van der Waals surface area contributed by atoms with E-state index >= 15 is 0 Å². The highest BCUT2D eigenvalue weighted by Crippen LogP contribution is 2.21. The van der Waals surface area contributed by atoms with Gasteiger partial charge in [-0.05, 0) is 50.5 Å². The van der Waals surface area contributed by atoms with Gasteiger partial charge in [0, 0.05) is 32.0 Å². The molecule has 0 spiro atoms. The van der Waals surface area contributed by atoms with Crippen molar-refractivity contribution in [3.05, 3.63) is 70.3 Å². The van der Waals surface area contributed by atoms with Crippen LogP contribution in [0.25, 0.3) is 10.9 Å². The Morgan fingerprint density at radius 1 is 1.12 bits per heavy atom. The number of nitrogens with one attached hydrogen (secondary N) is 2. The van der Waals surface area contributed by atoms with Gasteiger partial charge in [-0.1, -0.05) is 29.8 Å². The predicted molar refractivity (Wildman–Crippen MR) is 126 cm³/mol. The quantitative estimate of drug-likeness (QED) is 0.553. The summed E-state index contributed by atoms with van der Waals surface area (Å²) in [4.78, 5) is 32.1. The molecule has 1 amide bonds. The molecule has 174 valence electrons. The van der Waals surface area contributed by atoms with E-state index < -0.39 is 10.0 Å². The summed E-state index contributed by atoms with van der Waals surface area (Å²) in [6, 6.07) is 14.0. The summed E-state index contributed by atoms with van der Waals surface area (Å²) in [5.41, 5.74) is 1.48. The van der Waals surface area contributed by atoms with Crippen molar-refractivity contribution in [1.82, 2.24) is 19.6 Å². The Morgan fingerprint density at radius 3 is 2.55 bits per heavy atom. The fourth-order valence-electron chi connectivity index (χ4n) is 4.07. The van der Waals surface area contributed by atoms with E-state index in [0.717, 1.165) is 5.56 Å². The number of aromatic amines is 1. The van der Waals surface area contributed by atoms with E-state index in [1.54, 1.807) is 42.5 Å². The van der Waals surface area contributed by atoms with E-state index in [0.29, 0.717) is 66.8 Å². The van der Waals surface area contributed by atoms with Crippen molar-refractivity contribution in [3.63, 3.8) is 0 Å². The first-order chi connectivity index (χ1) is 15.8. The van der Waals surface area contributed by atoms with Crippen LogP contribution in [0.2, 0.25) is 0 Å². The highest BCUT2D eigenvalue weighted by molar-refractivity contribution is 7.89. The highest BCUT2D eigenvalue weighted by atomic mass is 32.2. The number of nitrogens with zero attached hydrogens (tertiary/aromatic N) is 2. The third-order valence-electron chi connectivity index (χ3n) is 5.96. The summed E-state index contributed by atoms with van der Waals surface area (Å²) < 4.78 is 27.1. The van der Waals surface area contributed by atoms with Crippen LogP contribution in [0, 0.1) is 6.92 Å². The zero-order valence-corrected chi connectivity index (χ0v) is 19.4. The summed E-state index contributed by atoms with van der Waals surface area (Å²) in [7, 11) is -3.51. The standard InChI is InChI=1S/C24H28N4O4S/c1-17-9-11-19(12-10-17)33(31,32)28-15-13-18(14-16-28)25-23(29)8-4-7-22-26-21-6-3-2-5-20(21)24(30)27-22/h2-3,5-6,9-12,18H,4,7-8,13-16H2,1H3,(H,25,29)(H,26,27,30). The first-order valence-corrected chi connectivity index (χ1v) is 12.6. The number of hydrogen-bond acceptors (Lipinski definition) is 5. The SMILES string of the molecule is Cc1ccc(S(=O)(=O)N2CCC(NC(=O)CCCc3nc4ccccc4c(=O)[nH]3)CC2)cc1. The zero-order chi connectivity index (χ0) is 23.4. The number of carbonyl (C=O) groups is 1. The highest BCUT2D eigenvalue weighted by Gasteiger charge is 2.29. The lowest BCUT2D eigenvalue weighted by Gasteiger charge is -2.31. The Morgan fingerprint density at radius 2 is 1.82 bits per heavy atom. The number of H-pyrrole nitrogens is 1. The minimum absolute atomic E-state index is 0.0411. The summed E-state index contributed by atoms with van der Waals surface area (Å²) in [6.45, 7) is 2.68. The molecule has 0 radical (unpaired) electrons. The molecule has 1 aliphatic rings. The average molecular weight is 469 g/mol. The molecule has 3 aromatic rings. The van der Waals surface area contributed by atoms with Crippen molar-refractivity contribution >= 4 is 26.8 Å². The molecule has 0 atom stereocenters. The Hall–Kier alpha value is -3.04. The fraction of sp³-hybridized carbons (Fsp3) is 0.375. The monoisotopic (exact) mass is 468 g/mol. The Balaban J connectivity index is 1.24. The van der Waals surface area contributed by atoms with E-state index in [2.05, 4.69) is 15.3 Å². The van der Waals surface area contributed by atoms with Gasteiger partial charge < -0.3 is 10.3 Å². The van der Waals surface area contributed by atoms with Gasteiger partial charge >= 0.3 is 0 Å². The number of rotatable bonds is 7. The molecule has 2 aromatic carbocycles. The normalized spacial score (nSPS) is 15.5. The lowest BCUT2D eigenvalue weighted by atomic mass is 10.1.